The van der Waals surface area contributed by atoms with Crippen molar-refractivity contribution in [3.05, 3.63) is 29.3 Å². The van der Waals surface area contributed by atoms with E-state index in [1.807, 2.05) is 6.92 Å². The van der Waals surface area contributed by atoms with E-state index in [9.17, 15) is 9.59 Å². The largest absolute Gasteiger partial charge is 0.481 e. The van der Waals surface area contributed by atoms with Crippen molar-refractivity contribution in [2.45, 2.75) is 26.8 Å². The van der Waals surface area contributed by atoms with Gasteiger partial charge in [0.15, 0.2) is 0 Å². The average molecular weight is 250 g/mol. The van der Waals surface area contributed by atoms with Gasteiger partial charge >= 0.3 is 5.97 Å². The number of anilines is 1. The molecule has 0 fully saturated rings. The van der Waals surface area contributed by atoms with Crippen LogP contribution in [-0.2, 0) is 4.79 Å². The van der Waals surface area contributed by atoms with Gasteiger partial charge in [-0.15, -0.1) is 0 Å². The van der Waals surface area contributed by atoms with E-state index in [0.29, 0.717) is 11.3 Å². The second kappa shape index (κ2) is 5.53. The minimum absolute atomic E-state index is 0.303. The molecule has 0 spiro atoms. The zero-order valence-corrected chi connectivity index (χ0v) is 10.7. The molecule has 98 valence electrons. The molecule has 0 saturated heterocycles. The Labute approximate surface area is 106 Å². The third-order valence-electron chi connectivity index (χ3n) is 2.96. The SMILES string of the molecule is Cc1ccc(C(N)=O)c(NC(C)C(C)C(=O)O)c1. The van der Waals surface area contributed by atoms with Gasteiger partial charge in [-0.3, -0.25) is 9.59 Å². The van der Waals surface area contributed by atoms with Gasteiger partial charge in [-0.05, 0) is 38.5 Å². The second-order valence-electron chi connectivity index (χ2n) is 4.47. The van der Waals surface area contributed by atoms with Crippen LogP contribution in [0.1, 0.15) is 29.8 Å². The van der Waals surface area contributed by atoms with Crippen LogP contribution in [0, 0.1) is 12.8 Å². The number of nitrogens with one attached hydrogen (secondary N) is 1. The Morgan fingerprint density at radius 1 is 1.33 bits per heavy atom. The van der Waals surface area contributed by atoms with Gasteiger partial charge in [0.05, 0.1) is 11.5 Å². The highest BCUT2D eigenvalue weighted by molar-refractivity contribution is 5.98. The number of aryl methyl sites for hydroxylation is 1. The molecule has 5 nitrogen and oxygen atoms in total. The quantitative estimate of drug-likeness (QED) is 0.740. The molecule has 0 aliphatic rings. The summed E-state index contributed by atoms with van der Waals surface area (Å²) in [5, 5.41) is 12.0. The van der Waals surface area contributed by atoms with E-state index in [1.165, 1.54) is 0 Å². The molecule has 5 heteroatoms. The zero-order chi connectivity index (χ0) is 13.9. The summed E-state index contributed by atoms with van der Waals surface area (Å²) in [4.78, 5) is 22.2. The number of carbonyl (C=O) groups is 2. The van der Waals surface area contributed by atoms with E-state index in [0.717, 1.165) is 5.56 Å². The van der Waals surface area contributed by atoms with Crippen LogP contribution in [0.2, 0.25) is 0 Å². The first-order valence-corrected chi connectivity index (χ1v) is 5.72. The van der Waals surface area contributed by atoms with Gasteiger partial charge < -0.3 is 16.2 Å². The van der Waals surface area contributed by atoms with E-state index in [-0.39, 0.29) is 6.04 Å². The van der Waals surface area contributed by atoms with Crippen molar-refractivity contribution in [3.63, 3.8) is 0 Å². The van der Waals surface area contributed by atoms with Crippen molar-refractivity contribution in [2.75, 3.05) is 5.32 Å². The number of amides is 1. The van der Waals surface area contributed by atoms with Gasteiger partial charge in [0.2, 0.25) is 0 Å². The van der Waals surface area contributed by atoms with Crippen molar-refractivity contribution in [1.29, 1.82) is 0 Å². The topological polar surface area (TPSA) is 92.4 Å². The molecule has 0 aliphatic heterocycles. The van der Waals surface area contributed by atoms with Gasteiger partial charge in [0, 0.05) is 11.7 Å². The van der Waals surface area contributed by atoms with E-state index in [2.05, 4.69) is 5.32 Å². The predicted molar refractivity (Wildman–Crippen MR) is 69.6 cm³/mol. The molecule has 18 heavy (non-hydrogen) atoms. The van der Waals surface area contributed by atoms with Crippen molar-refractivity contribution >= 4 is 17.6 Å². The molecule has 0 heterocycles. The highest BCUT2D eigenvalue weighted by Gasteiger charge is 2.20. The minimum Gasteiger partial charge on any atom is -0.481 e. The zero-order valence-electron chi connectivity index (χ0n) is 10.7. The van der Waals surface area contributed by atoms with Crippen molar-refractivity contribution in [3.8, 4) is 0 Å². The Bertz CT molecular complexity index is 471. The summed E-state index contributed by atoms with van der Waals surface area (Å²) in [5.41, 5.74) is 7.19. The lowest BCUT2D eigenvalue weighted by atomic mass is 10.0. The minimum atomic E-state index is -0.886. The number of primary amides is 1. The summed E-state index contributed by atoms with van der Waals surface area (Å²) >= 11 is 0. The molecule has 0 radical (unpaired) electrons. The molecule has 0 aromatic heterocycles. The Morgan fingerprint density at radius 2 is 1.94 bits per heavy atom. The lowest BCUT2D eigenvalue weighted by molar-refractivity contribution is -0.141. The molecular weight excluding hydrogens is 232 g/mol. The van der Waals surface area contributed by atoms with E-state index in [4.69, 9.17) is 10.8 Å². The van der Waals surface area contributed by atoms with Gasteiger partial charge in [0.1, 0.15) is 0 Å². The second-order valence-corrected chi connectivity index (χ2v) is 4.47. The maximum absolute atomic E-state index is 11.3. The number of rotatable bonds is 5. The Balaban J connectivity index is 2.99. The third kappa shape index (κ3) is 3.23. The fraction of sp³-hybridized carbons (Fsp3) is 0.385. The standard InChI is InChI=1S/C13H18N2O3/c1-7-4-5-10(12(14)16)11(6-7)15-9(3)8(2)13(17)18/h4-6,8-9,15H,1-3H3,(H2,14,16)(H,17,18). The third-order valence-corrected chi connectivity index (χ3v) is 2.96. The normalized spacial score (nSPS) is 13.7. The molecule has 0 aliphatic carbocycles. The van der Waals surface area contributed by atoms with E-state index >= 15 is 0 Å². The molecule has 4 N–H and O–H groups in total. The van der Waals surface area contributed by atoms with Crippen molar-refractivity contribution in [1.82, 2.24) is 0 Å². The van der Waals surface area contributed by atoms with Gasteiger partial charge in [0.25, 0.3) is 5.91 Å². The van der Waals surface area contributed by atoms with Crippen LogP contribution in [0.4, 0.5) is 5.69 Å². The molecule has 0 saturated carbocycles. The van der Waals surface area contributed by atoms with Gasteiger partial charge in [-0.25, -0.2) is 0 Å². The van der Waals surface area contributed by atoms with Crippen LogP contribution in [0.25, 0.3) is 0 Å². The summed E-state index contributed by atoms with van der Waals surface area (Å²) in [6.45, 7) is 5.26. The van der Waals surface area contributed by atoms with Crippen molar-refractivity contribution in [2.24, 2.45) is 11.7 Å². The first-order valence-electron chi connectivity index (χ1n) is 5.72. The molecule has 2 atom stereocenters. The van der Waals surface area contributed by atoms with Crippen LogP contribution in [0.3, 0.4) is 0 Å². The molecule has 1 aromatic carbocycles. The fourth-order valence-corrected chi connectivity index (χ4v) is 1.58. The highest BCUT2D eigenvalue weighted by Crippen LogP contribution is 2.20. The number of hydrogen-bond acceptors (Lipinski definition) is 3. The van der Waals surface area contributed by atoms with Crippen LogP contribution < -0.4 is 11.1 Å². The number of carboxylic acid groups (broad SMARTS) is 1. The number of hydrogen-bond donors (Lipinski definition) is 3. The van der Waals surface area contributed by atoms with E-state index < -0.39 is 17.8 Å². The number of benzene rings is 1. The van der Waals surface area contributed by atoms with Crippen molar-refractivity contribution < 1.29 is 14.7 Å². The molecular formula is C13H18N2O3. The molecule has 2 unspecified atom stereocenters. The summed E-state index contributed by atoms with van der Waals surface area (Å²) in [6.07, 6.45) is 0. The lowest BCUT2D eigenvalue weighted by Crippen LogP contribution is -2.30. The average Bonchev–Trinajstić information content (AvgIpc) is 2.27. The smallest absolute Gasteiger partial charge is 0.308 e. The fourth-order valence-electron chi connectivity index (χ4n) is 1.58. The summed E-state index contributed by atoms with van der Waals surface area (Å²) in [5.74, 6) is -1.98. The lowest BCUT2D eigenvalue weighted by Gasteiger charge is -2.20. The molecule has 0 bridgehead atoms. The van der Waals surface area contributed by atoms with Gasteiger partial charge in [-0.1, -0.05) is 6.07 Å². The number of nitrogens with two attached hydrogens (primary N) is 1. The molecule has 1 rings (SSSR count). The Morgan fingerprint density at radius 3 is 2.44 bits per heavy atom. The number of carbonyl (C=O) groups excluding carboxylic acids is 1. The summed E-state index contributed by atoms with van der Waals surface area (Å²) in [7, 11) is 0. The molecule has 1 amide bonds. The van der Waals surface area contributed by atoms with Crippen LogP contribution in [0.15, 0.2) is 18.2 Å². The maximum Gasteiger partial charge on any atom is 0.308 e. The number of carboxylic acids is 1. The van der Waals surface area contributed by atoms with E-state index in [1.54, 1.807) is 32.0 Å². The molecule has 1 aromatic rings. The van der Waals surface area contributed by atoms with Crippen LogP contribution >= 0.6 is 0 Å². The summed E-state index contributed by atoms with van der Waals surface area (Å²) in [6, 6.07) is 4.90. The number of aliphatic carboxylic acids is 1. The van der Waals surface area contributed by atoms with Crippen LogP contribution in [0.5, 0.6) is 0 Å². The first kappa shape index (κ1) is 14.0. The monoisotopic (exact) mass is 250 g/mol. The first-order chi connectivity index (χ1) is 8.32. The highest BCUT2D eigenvalue weighted by atomic mass is 16.4. The van der Waals surface area contributed by atoms with Gasteiger partial charge in [-0.2, -0.15) is 0 Å². The predicted octanol–water partition coefficient (Wildman–Crippen LogP) is 1.62. The van der Waals surface area contributed by atoms with Crippen LogP contribution in [-0.4, -0.2) is 23.0 Å². The Kier molecular flexibility index (Phi) is 4.31. The Hall–Kier alpha value is -2.04. The summed E-state index contributed by atoms with van der Waals surface area (Å²) < 4.78 is 0. The maximum atomic E-state index is 11.3.